The number of carbonyl (C=O) groups is 2. The fourth-order valence-corrected chi connectivity index (χ4v) is 2.79. The number of morpholine rings is 1. The number of hydrogen-bond donors (Lipinski definition) is 2. The maximum Gasteiger partial charge on any atom is 0.251 e. The molecule has 1 saturated heterocycles. The Bertz CT molecular complexity index is 544. The molecule has 0 radical (unpaired) electrons. The molecule has 6 nitrogen and oxygen atoms in total. The third-order valence-electron chi connectivity index (χ3n) is 4.65. The van der Waals surface area contributed by atoms with Crippen molar-refractivity contribution in [1.82, 2.24) is 15.5 Å². The lowest BCUT2D eigenvalue weighted by molar-refractivity contribution is -0.124. The van der Waals surface area contributed by atoms with Crippen LogP contribution in [-0.4, -0.2) is 62.1 Å². The average molecular weight is 347 g/mol. The fourth-order valence-electron chi connectivity index (χ4n) is 2.79. The van der Waals surface area contributed by atoms with Crippen molar-refractivity contribution in [3.8, 4) is 0 Å². The van der Waals surface area contributed by atoms with Gasteiger partial charge in [-0.3, -0.25) is 14.5 Å². The van der Waals surface area contributed by atoms with Gasteiger partial charge in [-0.15, -0.1) is 0 Å². The van der Waals surface area contributed by atoms with Crippen LogP contribution >= 0.6 is 0 Å². The number of hydrogen-bond acceptors (Lipinski definition) is 4. The van der Waals surface area contributed by atoms with Crippen LogP contribution in [0, 0.1) is 5.92 Å². The maximum absolute atomic E-state index is 12.6. The predicted octanol–water partition coefficient (Wildman–Crippen LogP) is 1.28. The highest BCUT2D eigenvalue weighted by Crippen LogP contribution is 2.09. The van der Waals surface area contributed by atoms with E-state index in [0.29, 0.717) is 12.1 Å². The first-order valence-electron chi connectivity index (χ1n) is 9.05. The first-order valence-corrected chi connectivity index (χ1v) is 9.05. The minimum atomic E-state index is -0.526. The van der Waals surface area contributed by atoms with Crippen molar-refractivity contribution in [3.63, 3.8) is 0 Å². The summed E-state index contributed by atoms with van der Waals surface area (Å²) in [5.74, 6) is -0.267. The molecule has 0 aromatic heterocycles. The van der Waals surface area contributed by atoms with Gasteiger partial charge in [-0.05, 0) is 18.1 Å². The quantitative estimate of drug-likeness (QED) is 0.743. The lowest BCUT2D eigenvalue weighted by Crippen LogP contribution is -2.51. The Morgan fingerprint density at radius 2 is 1.88 bits per heavy atom. The van der Waals surface area contributed by atoms with Crippen LogP contribution in [0.2, 0.25) is 0 Å². The summed E-state index contributed by atoms with van der Waals surface area (Å²) < 4.78 is 5.32. The van der Waals surface area contributed by atoms with Crippen molar-refractivity contribution in [3.05, 3.63) is 35.9 Å². The molecule has 1 aromatic carbocycles. The smallest absolute Gasteiger partial charge is 0.251 e. The molecule has 1 aliphatic rings. The lowest BCUT2D eigenvalue weighted by atomic mass is 9.98. The summed E-state index contributed by atoms with van der Waals surface area (Å²) in [7, 11) is 0. The molecule has 1 aromatic rings. The first kappa shape index (κ1) is 19.4. The molecule has 0 saturated carbocycles. The number of ether oxygens (including phenoxy) is 1. The molecule has 25 heavy (non-hydrogen) atoms. The van der Waals surface area contributed by atoms with Gasteiger partial charge in [0.2, 0.25) is 5.91 Å². The number of nitrogens with one attached hydrogen (secondary N) is 2. The van der Waals surface area contributed by atoms with Gasteiger partial charge in [-0.2, -0.15) is 0 Å². The Morgan fingerprint density at radius 3 is 2.52 bits per heavy atom. The van der Waals surface area contributed by atoms with E-state index in [1.54, 1.807) is 12.1 Å². The van der Waals surface area contributed by atoms with Crippen LogP contribution in [0.1, 0.15) is 30.6 Å². The van der Waals surface area contributed by atoms with Gasteiger partial charge >= 0.3 is 0 Å². The van der Waals surface area contributed by atoms with Gasteiger partial charge in [-0.1, -0.05) is 38.5 Å². The Hall–Kier alpha value is -1.92. The van der Waals surface area contributed by atoms with E-state index >= 15 is 0 Å². The highest BCUT2D eigenvalue weighted by atomic mass is 16.5. The summed E-state index contributed by atoms with van der Waals surface area (Å²) in [5.41, 5.74) is 0.567. The van der Waals surface area contributed by atoms with E-state index in [-0.39, 0.29) is 17.7 Å². The zero-order valence-electron chi connectivity index (χ0n) is 15.2. The molecule has 0 bridgehead atoms. The van der Waals surface area contributed by atoms with Crippen molar-refractivity contribution in [2.45, 2.75) is 26.3 Å². The van der Waals surface area contributed by atoms with E-state index in [0.717, 1.165) is 39.3 Å². The molecule has 2 rings (SSSR count). The SMILES string of the molecule is CCC(C)C(NC(=O)c1ccccc1)C(=O)NCCN1CCOCC1. The number of carbonyl (C=O) groups excluding carboxylic acids is 2. The molecular weight excluding hydrogens is 318 g/mol. The predicted molar refractivity (Wildman–Crippen MR) is 97.4 cm³/mol. The van der Waals surface area contributed by atoms with Gasteiger partial charge in [0, 0.05) is 31.7 Å². The topological polar surface area (TPSA) is 70.7 Å². The van der Waals surface area contributed by atoms with Crippen molar-refractivity contribution in [1.29, 1.82) is 0 Å². The Morgan fingerprint density at radius 1 is 1.20 bits per heavy atom. The molecule has 0 spiro atoms. The third kappa shape index (κ3) is 6.14. The van der Waals surface area contributed by atoms with Crippen molar-refractivity contribution < 1.29 is 14.3 Å². The molecule has 2 amide bonds. The molecule has 138 valence electrons. The highest BCUT2D eigenvalue weighted by Gasteiger charge is 2.26. The van der Waals surface area contributed by atoms with Crippen LogP contribution in [0.3, 0.4) is 0 Å². The monoisotopic (exact) mass is 347 g/mol. The minimum Gasteiger partial charge on any atom is -0.379 e. The summed E-state index contributed by atoms with van der Waals surface area (Å²) in [4.78, 5) is 27.2. The normalized spacial score (nSPS) is 17.5. The molecule has 2 N–H and O–H groups in total. The summed E-state index contributed by atoms with van der Waals surface area (Å²) in [6.45, 7) is 8.67. The van der Waals surface area contributed by atoms with Crippen molar-refractivity contribution in [2.24, 2.45) is 5.92 Å². The fraction of sp³-hybridized carbons (Fsp3) is 0.579. The van der Waals surface area contributed by atoms with Crippen LogP contribution in [0.15, 0.2) is 30.3 Å². The number of nitrogens with zero attached hydrogens (tertiary/aromatic N) is 1. The van der Waals surface area contributed by atoms with Gasteiger partial charge in [-0.25, -0.2) is 0 Å². The summed E-state index contributed by atoms with van der Waals surface area (Å²) >= 11 is 0. The molecule has 2 atom stereocenters. The van der Waals surface area contributed by atoms with E-state index in [1.165, 1.54) is 0 Å². The molecule has 1 heterocycles. The van der Waals surface area contributed by atoms with Gasteiger partial charge in [0.15, 0.2) is 0 Å². The number of benzene rings is 1. The zero-order chi connectivity index (χ0) is 18.1. The molecule has 1 aliphatic heterocycles. The van der Waals surface area contributed by atoms with Crippen LogP contribution in [-0.2, 0) is 9.53 Å². The third-order valence-corrected chi connectivity index (χ3v) is 4.65. The van der Waals surface area contributed by atoms with Gasteiger partial charge in [0.25, 0.3) is 5.91 Å². The second-order valence-corrected chi connectivity index (χ2v) is 6.45. The maximum atomic E-state index is 12.6. The second kappa shape index (κ2) is 10.2. The van der Waals surface area contributed by atoms with Crippen LogP contribution in [0.25, 0.3) is 0 Å². The lowest BCUT2D eigenvalue weighted by Gasteiger charge is -2.27. The highest BCUT2D eigenvalue weighted by molar-refractivity contribution is 5.97. The molecular formula is C19H29N3O3. The summed E-state index contributed by atoms with van der Waals surface area (Å²) in [6, 6.07) is 8.47. The molecule has 1 fully saturated rings. The largest absolute Gasteiger partial charge is 0.379 e. The molecule has 2 unspecified atom stereocenters. The summed E-state index contributed by atoms with van der Waals surface area (Å²) in [6.07, 6.45) is 0.816. The Balaban J connectivity index is 1.87. The zero-order valence-corrected chi connectivity index (χ0v) is 15.2. The van der Waals surface area contributed by atoms with E-state index in [4.69, 9.17) is 4.74 Å². The van der Waals surface area contributed by atoms with Gasteiger partial charge < -0.3 is 15.4 Å². The van der Waals surface area contributed by atoms with E-state index in [9.17, 15) is 9.59 Å². The van der Waals surface area contributed by atoms with Gasteiger partial charge in [0.1, 0.15) is 6.04 Å². The van der Waals surface area contributed by atoms with Crippen molar-refractivity contribution >= 4 is 11.8 Å². The molecule has 0 aliphatic carbocycles. The Kier molecular flexibility index (Phi) is 7.88. The van der Waals surface area contributed by atoms with Crippen molar-refractivity contribution in [2.75, 3.05) is 39.4 Å². The first-order chi connectivity index (χ1) is 12.1. The van der Waals surface area contributed by atoms with E-state index < -0.39 is 6.04 Å². The van der Waals surface area contributed by atoms with Crippen LogP contribution < -0.4 is 10.6 Å². The van der Waals surface area contributed by atoms with Crippen LogP contribution in [0.4, 0.5) is 0 Å². The van der Waals surface area contributed by atoms with E-state index in [2.05, 4.69) is 15.5 Å². The number of amides is 2. The van der Waals surface area contributed by atoms with Gasteiger partial charge in [0.05, 0.1) is 13.2 Å². The van der Waals surface area contributed by atoms with Crippen LogP contribution in [0.5, 0.6) is 0 Å². The standard InChI is InChI=1S/C19H29N3O3/c1-3-15(2)17(21-18(23)16-7-5-4-6-8-16)19(24)20-9-10-22-11-13-25-14-12-22/h4-8,15,17H,3,9-14H2,1-2H3,(H,20,24)(H,21,23). The number of rotatable bonds is 8. The Labute approximate surface area is 149 Å². The molecule has 6 heteroatoms. The average Bonchev–Trinajstić information content (AvgIpc) is 2.66. The summed E-state index contributed by atoms with van der Waals surface area (Å²) in [5, 5.41) is 5.85. The minimum absolute atomic E-state index is 0.0658. The van der Waals surface area contributed by atoms with E-state index in [1.807, 2.05) is 32.0 Å². The second-order valence-electron chi connectivity index (χ2n) is 6.45.